The Bertz CT molecular complexity index is 891. The van der Waals surface area contributed by atoms with E-state index in [-0.39, 0.29) is 23.9 Å². The molecule has 0 unspecified atom stereocenters. The van der Waals surface area contributed by atoms with Crippen molar-refractivity contribution in [3.8, 4) is 5.75 Å². The number of amides is 2. The molecule has 0 bridgehead atoms. The number of methoxy groups -OCH3 is 1. The summed E-state index contributed by atoms with van der Waals surface area (Å²) >= 11 is 0. The number of rotatable bonds is 5. The van der Waals surface area contributed by atoms with Crippen molar-refractivity contribution in [3.05, 3.63) is 65.2 Å². The Hall–Kier alpha value is -2.96. The predicted molar refractivity (Wildman–Crippen MR) is 104 cm³/mol. The van der Waals surface area contributed by atoms with Crippen molar-refractivity contribution in [3.63, 3.8) is 0 Å². The highest BCUT2D eigenvalue weighted by molar-refractivity contribution is 5.94. The quantitative estimate of drug-likeness (QED) is 0.832. The third kappa shape index (κ3) is 4.72. The van der Waals surface area contributed by atoms with Crippen LogP contribution in [0.1, 0.15) is 35.7 Å². The number of carbonyl (C=O) groups excluding carboxylic acids is 2. The van der Waals surface area contributed by atoms with Crippen LogP contribution in [0.2, 0.25) is 0 Å². The van der Waals surface area contributed by atoms with E-state index in [4.69, 9.17) is 4.74 Å². The molecule has 0 atom stereocenters. The minimum Gasteiger partial charge on any atom is -0.497 e. The summed E-state index contributed by atoms with van der Waals surface area (Å²) in [4.78, 5) is 27.1. The van der Waals surface area contributed by atoms with Gasteiger partial charge < -0.3 is 15.0 Å². The van der Waals surface area contributed by atoms with E-state index in [9.17, 15) is 18.4 Å². The number of carbonyl (C=O) groups is 2. The topological polar surface area (TPSA) is 58.6 Å². The van der Waals surface area contributed by atoms with Gasteiger partial charge in [-0.3, -0.25) is 9.59 Å². The first kappa shape index (κ1) is 20.8. The molecular weight excluding hydrogens is 378 g/mol. The number of likely N-dealkylation sites (tertiary alicyclic amines) is 1. The number of hydrogen-bond acceptors (Lipinski definition) is 3. The lowest BCUT2D eigenvalue weighted by atomic mass is 9.79. The van der Waals surface area contributed by atoms with Crippen LogP contribution in [0, 0.1) is 17.0 Å². The number of halogens is 2. The van der Waals surface area contributed by atoms with Crippen LogP contribution in [0.3, 0.4) is 0 Å². The molecule has 0 saturated carbocycles. The lowest BCUT2D eigenvalue weighted by Gasteiger charge is -2.38. The van der Waals surface area contributed by atoms with Crippen LogP contribution >= 0.6 is 0 Å². The Morgan fingerprint density at radius 2 is 1.76 bits per heavy atom. The molecule has 0 aromatic heterocycles. The van der Waals surface area contributed by atoms with Crippen LogP contribution in [-0.2, 0) is 11.3 Å². The van der Waals surface area contributed by atoms with Crippen molar-refractivity contribution in [1.82, 2.24) is 10.2 Å². The molecule has 0 spiro atoms. The average Bonchev–Trinajstić information content (AvgIpc) is 2.73. The molecule has 2 aromatic rings. The Morgan fingerprint density at radius 1 is 1.10 bits per heavy atom. The summed E-state index contributed by atoms with van der Waals surface area (Å²) in [6, 6.07) is 10.2. The smallest absolute Gasteiger partial charge is 0.253 e. The summed E-state index contributed by atoms with van der Waals surface area (Å²) in [7, 11) is 1.57. The summed E-state index contributed by atoms with van der Waals surface area (Å²) in [6.07, 6.45) is 1.01. The van der Waals surface area contributed by atoms with Gasteiger partial charge in [-0.05, 0) is 43.2 Å². The van der Waals surface area contributed by atoms with E-state index < -0.39 is 17.0 Å². The molecule has 2 amide bonds. The van der Waals surface area contributed by atoms with Crippen molar-refractivity contribution in [2.24, 2.45) is 5.41 Å². The van der Waals surface area contributed by atoms with E-state index in [1.807, 2.05) is 6.92 Å². The summed E-state index contributed by atoms with van der Waals surface area (Å²) in [5, 5.41) is 2.74. The minimum atomic E-state index is -0.685. The first-order chi connectivity index (χ1) is 13.8. The van der Waals surface area contributed by atoms with Gasteiger partial charge in [0.2, 0.25) is 5.91 Å². The van der Waals surface area contributed by atoms with Gasteiger partial charge in [-0.1, -0.05) is 13.0 Å². The highest BCUT2D eigenvalue weighted by Crippen LogP contribution is 2.32. The Morgan fingerprint density at radius 3 is 2.34 bits per heavy atom. The SMILES string of the molecule is COc1ccc(C(=O)N2CCC(C)(C(=O)NCc3ccc(F)cc3F)CC2)cc1. The fourth-order valence-corrected chi connectivity index (χ4v) is 3.40. The van der Waals surface area contributed by atoms with Crippen LogP contribution in [0.15, 0.2) is 42.5 Å². The van der Waals surface area contributed by atoms with Gasteiger partial charge in [-0.2, -0.15) is 0 Å². The van der Waals surface area contributed by atoms with Gasteiger partial charge in [0.1, 0.15) is 17.4 Å². The fourth-order valence-electron chi connectivity index (χ4n) is 3.40. The molecule has 1 N–H and O–H groups in total. The molecular formula is C22H24F2N2O3. The van der Waals surface area contributed by atoms with E-state index in [1.54, 1.807) is 36.3 Å². The second kappa shape index (κ2) is 8.59. The molecule has 1 aliphatic heterocycles. The minimum absolute atomic E-state index is 0.00493. The number of benzene rings is 2. The Balaban J connectivity index is 1.56. The zero-order valence-corrected chi connectivity index (χ0v) is 16.5. The standard InChI is InChI=1S/C22H24F2N2O3/c1-22(21(28)25-14-16-3-6-17(23)13-19(16)24)9-11-26(12-10-22)20(27)15-4-7-18(29-2)8-5-15/h3-8,13H,9-12,14H2,1-2H3,(H,25,28). The average molecular weight is 402 g/mol. The normalized spacial score (nSPS) is 15.7. The van der Waals surface area contributed by atoms with E-state index in [1.165, 1.54) is 6.07 Å². The summed E-state index contributed by atoms with van der Waals surface area (Å²) in [5.74, 6) is -0.933. The van der Waals surface area contributed by atoms with Crippen LogP contribution < -0.4 is 10.1 Å². The van der Waals surface area contributed by atoms with Gasteiger partial charge in [0.05, 0.1) is 7.11 Å². The maximum absolute atomic E-state index is 13.7. The molecule has 7 heteroatoms. The van der Waals surface area contributed by atoms with Crippen molar-refractivity contribution in [2.45, 2.75) is 26.3 Å². The van der Waals surface area contributed by atoms with Crippen LogP contribution in [0.5, 0.6) is 5.75 Å². The molecule has 0 radical (unpaired) electrons. The zero-order chi connectivity index (χ0) is 21.0. The van der Waals surface area contributed by atoms with Gasteiger partial charge in [0.25, 0.3) is 5.91 Å². The molecule has 5 nitrogen and oxygen atoms in total. The molecule has 154 valence electrons. The second-order valence-corrected chi connectivity index (χ2v) is 7.50. The van der Waals surface area contributed by atoms with Crippen LogP contribution in [0.25, 0.3) is 0 Å². The molecule has 29 heavy (non-hydrogen) atoms. The highest BCUT2D eigenvalue weighted by atomic mass is 19.1. The van der Waals surface area contributed by atoms with Gasteiger partial charge in [0.15, 0.2) is 0 Å². The largest absolute Gasteiger partial charge is 0.497 e. The molecule has 2 aromatic carbocycles. The summed E-state index contributed by atoms with van der Waals surface area (Å²) in [5.41, 5.74) is 0.161. The lowest BCUT2D eigenvalue weighted by Crippen LogP contribution is -2.48. The van der Waals surface area contributed by atoms with E-state index in [0.29, 0.717) is 37.2 Å². The third-order valence-corrected chi connectivity index (χ3v) is 5.49. The maximum atomic E-state index is 13.7. The van der Waals surface area contributed by atoms with Crippen LogP contribution in [0.4, 0.5) is 8.78 Å². The van der Waals surface area contributed by atoms with Gasteiger partial charge in [0, 0.05) is 42.2 Å². The summed E-state index contributed by atoms with van der Waals surface area (Å²) in [6.45, 7) is 2.76. The molecule has 1 saturated heterocycles. The van der Waals surface area contributed by atoms with E-state index in [2.05, 4.69) is 5.32 Å². The van der Waals surface area contributed by atoms with E-state index >= 15 is 0 Å². The number of nitrogens with one attached hydrogen (secondary N) is 1. The Kier molecular flexibility index (Phi) is 6.15. The number of ether oxygens (including phenoxy) is 1. The lowest BCUT2D eigenvalue weighted by molar-refractivity contribution is -0.132. The monoisotopic (exact) mass is 402 g/mol. The van der Waals surface area contributed by atoms with Gasteiger partial charge in [-0.25, -0.2) is 8.78 Å². The number of piperidine rings is 1. The van der Waals surface area contributed by atoms with Gasteiger partial charge >= 0.3 is 0 Å². The number of nitrogens with zero attached hydrogens (tertiary/aromatic N) is 1. The predicted octanol–water partition coefficient (Wildman–Crippen LogP) is 3.53. The summed E-state index contributed by atoms with van der Waals surface area (Å²) < 4.78 is 31.8. The molecule has 3 rings (SSSR count). The van der Waals surface area contributed by atoms with Crippen molar-refractivity contribution in [2.75, 3.05) is 20.2 Å². The van der Waals surface area contributed by atoms with Crippen molar-refractivity contribution in [1.29, 1.82) is 0 Å². The van der Waals surface area contributed by atoms with E-state index in [0.717, 1.165) is 12.1 Å². The molecule has 0 aliphatic carbocycles. The zero-order valence-electron chi connectivity index (χ0n) is 16.5. The first-order valence-electron chi connectivity index (χ1n) is 9.48. The van der Waals surface area contributed by atoms with Gasteiger partial charge in [-0.15, -0.1) is 0 Å². The molecule has 1 aliphatic rings. The molecule has 1 fully saturated rings. The first-order valence-corrected chi connectivity index (χ1v) is 9.48. The number of hydrogen-bond donors (Lipinski definition) is 1. The van der Waals surface area contributed by atoms with Crippen LogP contribution in [-0.4, -0.2) is 36.9 Å². The van der Waals surface area contributed by atoms with Crippen molar-refractivity contribution >= 4 is 11.8 Å². The maximum Gasteiger partial charge on any atom is 0.253 e. The highest BCUT2D eigenvalue weighted by Gasteiger charge is 2.38. The second-order valence-electron chi connectivity index (χ2n) is 7.50. The Labute approximate surface area is 168 Å². The third-order valence-electron chi connectivity index (χ3n) is 5.49. The van der Waals surface area contributed by atoms with Crippen molar-refractivity contribution < 1.29 is 23.1 Å². The fraction of sp³-hybridized carbons (Fsp3) is 0.364. The molecule has 1 heterocycles.